The second-order valence-electron chi connectivity index (χ2n) is 5.66. The van der Waals surface area contributed by atoms with Gasteiger partial charge in [-0.3, -0.25) is 4.79 Å². The third-order valence-corrected chi connectivity index (χ3v) is 4.69. The third-order valence-electron chi connectivity index (χ3n) is 3.68. The van der Waals surface area contributed by atoms with E-state index >= 15 is 0 Å². The Balaban J connectivity index is 1.65. The molecule has 0 radical (unpaired) electrons. The standard InChI is InChI=1S/C16H23NOS/c1-12-3-6-14(7-4-12)10-19-11-16(18)17-15-8-5-13(2)9-15/h3-4,6-7,13,15H,5,8-11H2,1-2H3,(H,17,18). The quantitative estimate of drug-likeness (QED) is 0.892. The highest BCUT2D eigenvalue weighted by molar-refractivity contribution is 7.99. The van der Waals surface area contributed by atoms with Gasteiger partial charge in [0.2, 0.25) is 5.91 Å². The Morgan fingerprint density at radius 2 is 2.05 bits per heavy atom. The molecule has 0 aromatic heterocycles. The van der Waals surface area contributed by atoms with Gasteiger partial charge in [-0.15, -0.1) is 11.8 Å². The highest BCUT2D eigenvalue weighted by atomic mass is 32.2. The summed E-state index contributed by atoms with van der Waals surface area (Å²) in [5.41, 5.74) is 2.57. The molecule has 2 unspecified atom stereocenters. The Labute approximate surface area is 120 Å². The van der Waals surface area contributed by atoms with Gasteiger partial charge in [-0.1, -0.05) is 36.8 Å². The van der Waals surface area contributed by atoms with Crippen molar-refractivity contribution in [2.24, 2.45) is 5.92 Å². The predicted octanol–water partition coefficient (Wildman–Crippen LogP) is 3.53. The van der Waals surface area contributed by atoms with Crippen molar-refractivity contribution >= 4 is 17.7 Å². The first kappa shape index (κ1) is 14.4. The first-order chi connectivity index (χ1) is 9.13. The fourth-order valence-corrected chi connectivity index (χ4v) is 3.35. The lowest BCUT2D eigenvalue weighted by molar-refractivity contribution is -0.119. The SMILES string of the molecule is Cc1ccc(CSCC(=O)NC2CCC(C)C2)cc1. The smallest absolute Gasteiger partial charge is 0.230 e. The summed E-state index contributed by atoms with van der Waals surface area (Å²) in [5.74, 6) is 2.44. The van der Waals surface area contributed by atoms with Gasteiger partial charge in [0.15, 0.2) is 0 Å². The van der Waals surface area contributed by atoms with Gasteiger partial charge < -0.3 is 5.32 Å². The second-order valence-corrected chi connectivity index (χ2v) is 6.65. The molecule has 2 atom stereocenters. The van der Waals surface area contributed by atoms with Crippen LogP contribution < -0.4 is 5.32 Å². The summed E-state index contributed by atoms with van der Waals surface area (Å²) in [6.45, 7) is 4.35. The van der Waals surface area contributed by atoms with E-state index in [9.17, 15) is 4.79 Å². The van der Waals surface area contributed by atoms with Gasteiger partial charge in [0, 0.05) is 11.8 Å². The Bertz CT molecular complexity index is 415. The van der Waals surface area contributed by atoms with E-state index in [-0.39, 0.29) is 5.91 Å². The Kier molecular flexibility index (Phi) is 5.32. The molecule has 1 saturated carbocycles. The number of benzene rings is 1. The molecule has 0 aliphatic heterocycles. The van der Waals surface area contributed by atoms with E-state index in [4.69, 9.17) is 0 Å². The molecule has 1 aromatic rings. The van der Waals surface area contributed by atoms with Crippen molar-refractivity contribution in [1.82, 2.24) is 5.32 Å². The largest absolute Gasteiger partial charge is 0.353 e. The highest BCUT2D eigenvalue weighted by Gasteiger charge is 2.22. The second kappa shape index (κ2) is 6.99. The van der Waals surface area contributed by atoms with Crippen LogP contribution in [0.4, 0.5) is 0 Å². The minimum Gasteiger partial charge on any atom is -0.353 e. The van der Waals surface area contributed by atoms with Crippen LogP contribution in [-0.4, -0.2) is 17.7 Å². The van der Waals surface area contributed by atoms with Gasteiger partial charge in [-0.25, -0.2) is 0 Å². The van der Waals surface area contributed by atoms with Gasteiger partial charge in [0.1, 0.15) is 0 Å². The highest BCUT2D eigenvalue weighted by Crippen LogP contribution is 2.24. The Morgan fingerprint density at radius 1 is 1.32 bits per heavy atom. The molecule has 1 aliphatic rings. The molecule has 19 heavy (non-hydrogen) atoms. The summed E-state index contributed by atoms with van der Waals surface area (Å²) < 4.78 is 0. The molecule has 1 aromatic carbocycles. The summed E-state index contributed by atoms with van der Waals surface area (Å²) in [7, 11) is 0. The third kappa shape index (κ3) is 4.90. The molecule has 1 amide bonds. The number of carbonyl (C=O) groups excluding carboxylic acids is 1. The fourth-order valence-electron chi connectivity index (χ4n) is 2.55. The van der Waals surface area contributed by atoms with E-state index < -0.39 is 0 Å². The summed E-state index contributed by atoms with van der Waals surface area (Å²) in [4.78, 5) is 11.8. The summed E-state index contributed by atoms with van der Waals surface area (Å²) in [5, 5.41) is 3.14. The first-order valence-electron chi connectivity index (χ1n) is 7.06. The molecule has 0 bridgehead atoms. The lowest BCUT2D eigenvalue weighted by Gasteiger charge is -2.12. The maximum absolute atomic E-state index is 11.8. The van der Waals surface area contributed by atoms with Crippen LogP contribution in [0.15, 0.2) is 24.3 Å². The van der Waals surface area contributed by atoms with E-state index in [2.05, 4.69) is 43.4 Å². The summed E-state index contributed by atoms with van der Waals surface area (Å²) >= 11 is 1.69. The fraction of sp³-hybridized carbons (Fsp3) is 0.562. The number of aryl methyl sites for hydroxylation is 1. The van der Waals surface area contributed by atoms with Crippen LogP contribution >= 0.6 is 11.8 Å². The number of nitrogens with one attached hydrogen (secondary N) is 1. The minimum atomic E-state index is 0.191. The van der Waals surface area contributed by atoms with Gasteiger partial charge in [0.05, 0.1) is 5.75 Å². The minimum absolute atomic E-state index is 0.191. The van der Waals surface area contributed by atoms with Gasteiger partial charge >= 0.3 is 0 Å². The molecular formula is C16H23NOS. The van der Waals surface area contributed by atoms with Gasteiger partial charge in [-0.05, 0) is 37.7 Å². The molecule has 0 spiro atoms. The van der Waals surface area contributed by atoms with E-state index in [1.807, 2.05) is 0 Å². The van der Waals surface area contributed by atoms with Crippen LogP contribution in [0.2, 0.25) is 0 Å². The molecule has 0 saturated heterocycles. The number of thioether (sulfide) groups is 1. The van der Waals surface area contributed by atoms with Crippen LogP contribution in [-0.2, 0) is 10.5 Å². The molecule has 2 rings (SSSR count). The number of hydrogen-bond acceptors (Lipinski definition) is 2. The zero-order valence-electron chi connectivity index (χ0n) is 11.8. The van der Waals surface area contributed by atoms with Gasteiger partial charge in [0.25, 0.3) is 0 Å². The van der Waals surface area contributed by atoms with E-state index in [0.717, 1.165) is 24.5 Å². The average Bonchev–Trinajstić information content (AvgIpc) is 2.77. The van der Waals surface area contributed by atoms with Crippen LogP contribution in [0, 0.1) is 12.8 Å². The molecule has 1 fully saturated rings. The summed E-state index contributed by atoms with van der Waals surface area (Å²) in [6, 6.07) is 8.94. The Hall–Kier alpha value is -0.960. The van der Waals surface area contributed by atoms with Crippen molar-refractivity contribution in [1.29, 1.82) is 0 Å². The van der Waals surface area contributed by atoms with Crippen molar-refractivity contribution < 1.29 is 4.79 Å². The molecular weight excluding hydrogens is 254 g/mol. The lowest BCUT2D eigenvalue weighted by Crippen LogP contribution is -2.34. The van der Waals surface area contributed by atoms with E-state index in [1.165, 1.54) is 17.5 Å². The van der Waals surface area contributed by atoms with Crippen LogP contribution in [0.25, 0.3) is 0 Å². The maximum atomic E-state index is 11.8. The first-order valence-corrected chi connectivity index (χ1v) is 8.21. The van der Waals surface area contributed by atoms with E-state index in [0.29, 0.717) is 11.8 Å². The van der Waals surface area contributed by atoms with Crippen molar-refractivity contribution in [2.45, 2.75) is 44.9 Å². The predicted molar refractivity (Wildman–Crippen MR) is 82.3 cm³/mol. The number of rotatable bonds is 5. The number of hydrogen-bond donors (Lipinski definition) is 1. The van der Waals surface area contributed by atoms with Gasteiger partial charge in [-0.2, -0.15) is 0 Å². The summed E-state index contributed by atoms with van der Waals surface area (Å²) in [6.07, 6.45) is 3.55. The molecule has 1 N–H and O–H groups in total. The Morgan fingerprint density at radius 3 is 2.68 bits per heavy atom. The molecule has 2 nitrogen and oxygen atoms in total. The van der Waals surface area contributed by atoms with Crippen molar-refractivity contribution in [2.75, 3.05) is 5.75 Å². The molecule has 3 heteroatoms. The number of carbonyl (C=O) groups is 1. The molecule has 0 heterocycles. The normalized spacial score (nSPS) is 22.4. The van der Waals surface area contributed by atoms with Crippen LogP contribution in [0.1, 0.15) is 37.3 Å². The van der Waals surface area contributed by atoms with Crippen molar-refractivity contribution in [3.8, 4) is 0 Å². The van der Waals surface area contributed by atoms with Crippen molar-refractivity contribution in [3.05, 3.63) is 35.4 Å². The monoisotopic (exact) mass is 277 g/mol. The lowest BCUT2D eigenvalue weighted by atomic mass is 10.1. The van der Waals surface area contributed by atoms with E-state index in [1.54, 1.807) is 11.8 Å². The average molecular weight is 277 g/mol. The van der Waals surface area contributed by atoms with Crippen molar-refractivity contribution in [3.63, 3.8) is 0 Å². The van der Waals surface area contributed by atoms with Crippen LogP contribution in [0.5, 0.6) is 0 Å². The molecule has 1 aliphatic carbocycles. The zero-order chi connectivity index (χ0) is 13.7. The molecule has 104 valence electrons. The van der Waals surface area contributed by atoms with Crippen LogP contribution in [0.3, 0.4) is 0 Å². The zero-order valence-corrected chi connectivity index (χ0v) is 12.6. The topological polar surface area (TPSA) is 29.1 Å². The maximum Gasteiger partial charge on any atom is 0.230 e. The number of amides is 1.